The van der Waals surface area contributed by atoms with Gasteiger partial charge in [0.15, 0.2) is 17.2 Å². The number of rotatable bonds is 6. The van der Waals surface area contributed by atoms with Crippen LogP contribution in [0.3, 0.4) is 0 Å². The van der Waals surface area contributed by atoms with Crippen LogP contribution in [-0.2, 0) is 6.54 Å². The number of carbonyl (C=O) groups is 1. The maximum Gasteiger partial charge on any atom is 0.291 e. The summed E-state index contributed by atoms with van der Waals surface area (Å²) in [6.07, 6.45) is 3.07. The monoisotopic (exact) mass is 428 g/mol. The van der Waals surface area contributed by atoms with Crippen molar-refractivity contribution in [3.63, 3.8) is 0 Å². The zero-order chi connectivity index (χ0) is 19.2. The molecular weight excluding hydrogens is 412 g/mol. The lowest BCUT2D eigenvalue weighted by Crippen LogP contribution is -2.18. The van der Waals surface area contributed by atoms with Crippen LogP contribution in [0.25, 0.3) is 0 Å². The van der Waals surface area contributed by atoms with Crippen molar-refractivity contribution >= 4 is 28.1 Å². The van der Waals surface area contributed by atoms with E-state index in [1.54, 1.807) is 35.1 Å². The molecule has 0 fully saturated rings. The number of methoxy groups -OCH3 is 1. The minimum atomic E-state index is -0.443. The van der Waals surface area contributed by atoms with Gasteiger partial charge in [-0.25, -0.2) is 5.43 Å². The van der Waals surface area contributed by atoms with Crippen molar-refractivity contribution in [3.05, 3.63) is 76.0 Å². The molecule has 0 aliphatic rings. The molecule has 0 radical (unpaired) electrons. The first-order valence-electron chi connectivity index (χ1n) is 8.04. The summed E-state index contributed by atoms with van der Waals surface area (Å²) < 4.78 is 7.69. The highest BCUT2D eigenvalue weighted by Crippen LogP contribution is 2.27. The van der Waals surface area contributed by atoms with Crippen molar-refractivity contribution in [2.75, 3.05) is 7.11 Å². The first kappa shape index (κ1) is 18.7. The summed E-state index contributed by atoms with van der Waals surface area (Å²) in [5, 5.41) is 18.1. The standard InChI is InChI=1S/C19H17BrN4O3/c1-27-17-7-3-5-14(18(17)25)11-21-22-19(26)16-8-9-24(23-16)12-13-4-2-6-15(20)10-13/h2-11,25H,12H2,1H3,(H,22,26). The van der Waals surface area contributed by atoms with Crippen molar-refractivity contribution in [2.45, 2.75) is 6.54 Å². The molecule has 27 heavy (non-hydrogen) atoms. The molecule has 0 atom stereocenters. The molecule has 8 heteroatoms. The molecule has 0 unspecified atom stereocenters. The summed E-state index contributed by atoms with van der Waals surface area (Å²) in [5.41, 5.74) is 4.13. The lowest BCUT2D eigenvalue weighted by molar-refractivity contribution is 0.0949. The number of phenolic OH excluding ortho intramolecular Hbond substituents is 1. The quantitative estimate of drug-likeness (QED) is 0.466. The Bertz CT molecular complexity index is 985. The van der Waals surface area contributed by atoms with Gasteiger partial charge in [0.25, 0.3) is 5.91 Å². The molecule has 3 rings (SSSR count). The molecule has 0 aliphatic carbocycles. The maximum atomic E-state index is 12.2. The van der Waals surface area contributed by atoms with Gasteiger partial charge in [0.1, 0.15) is 0 Å². The lowest BCUT2D eigenvalue weighted by atomic mass is 10.2. The van der Waals surface area contributed by atoms with Crippen molar-refractivity contribution in [1.82, 2.24) is 15.2 Å². The van der Waals surface area contributed by atoms with E-state index >= 15 is 0 Å². The summed E-state index contributed by atoms with van der Waals surface area (Å²) in [6.45, 7) is 0.549. The second-order valence-corrected chi connectivity index (χ2v) is 6.54. The van der Waals surface area contributed by atoms with Crippen LogP contribution < -0.4 is 10.2 Å². The van der Waals surface area contributed by atoms with Gasteiger partial charge < -0.3 is 9.84 Å². The third kappa shape index (κ3) is 4.73. The van der Waals surface area contributed by atoms with Gasteiger partial charge in [-0.3, -0.25) is 9.48 Å². The van der Waals surface area contributed by atoms with Gasteiger partial charge in [-0.2, -0.15) is 10.2 Å². The maximum absolute atomic E-state index is 12.2. The van der Waals surface area contributed by atoms with Crippen LogP contribution in [0.4, 0.5) is 0 Å². The first-order chi connectivity index (χ1) is 13.1. The predicted octanol–water partition coefficient (Wildman–Crippen LogP) is 3.17. The number of amides is 1. The largest absolute Gasteiger partial charge is 0.504 e. The fourth-order valence-corrected chi connectivity index (χ4v) is 2.87. The summed E-state index contributed by atoms with van der Waals surface area (Å²) in [4.78, 5) is 12.2. The Kier molecular flexibility index (Phi) is 5.87. The number of nitrogens with zero attached hydrogens (tertiary/aromatic N) is 3. The number of benzene rings is 2. The van der Waals surface area contributed by atoms with Crippen molar-refractivity contribution in [3.8, 4) is 11.5 Å². The zero-order valence-electron chi connectivity index (χ0n) is 14.5. The predicted molar refractivity (Wildman–Crippen MR) is 105 cm³/mol. The molecule has 2 aromatic carbocycles. The minimum absolute atomic E-state index is 0.0451. The van der Waals surface area contributed by atoms with Crippen LogP contribution in [0, 0.1) is 0 Å². The van der Waals surface area contributed by atoms with Crippen LogP contribution in [0.15, 0.2) is 64.3 Å². The third-order valence-corrected chi connectivity index (χ3v) is 4.22. The van der Waals surface area contributed by atoms with Crippen LogP contribution in [0.2, 0.25) is 0 Å². The lowest BCUT2D eigenvalue weighted by Gasteiger charge is -2.04. The van der Waals surface area contributed by atoms with E-state index in [2.05, 4.69) is 31.6 Å². The van der Waals surface area contributed by atoms with Crippen LogP contribution in [0.1, 0.15) is 21.6 Å². The molecule has 1 aromatic heterocycles. The summed E-state index contributed by atoms with van der Waals surface area (Å²) in [6, 6.07) is 14.5. The Morgan fingerprint density at radius 3 is 2.93 bits per heavy atom. The van der Waals surface area contributed by atoms with Crippen LogP contribution >= 0.6 is 15.9 Å². The normalized spacial score (nSPS) is 10.9. The Labute approximate surface area is 164 Å². The van der Waals surface area contributed by atoms with E-state index in [1.807, 2.05) is 24.3 Å². The van der Waals surface area contributed by atoms with Gasteiger partial charge in [0, 0.05) is 16.2 Å². The number of hydrogen-bond donors (Lipinski definition) is 2. The molecule has 0 saturated carbocycles. The fraction of sp³-hybridized carbons (Fsp3) is 0.105. The second kappa shape index (κ2) is 8.50. The number of hydrogen-bond acceptors (Lipinski definition) is 5. The molecule has 0 saturated heterocycles. The minimum Gasteiger partial charge on any atom is -0.504 e. The van der Waals surface area contributed by atoms with E-state index in [1.165, 1.54) is 13.3 Å². The zero-order valence-corrected chi connectivity index (χ0v) is 16.0. The first-order valence-corrected chi connectivity index (χ1v) is 8.83. The van der Waals surface area contributed by atoms with Gasteiger partial charge in [0.2, 0.25) is 0 Å². The second-order valence-electron chi connectivity index (χ2n) is 5.63. The van der Waals surface area contributed by atoms with Crippen molar-refractivity contribution in [2.24, 2.45) is 5.10 Å². The SMILES string of the molecule is COc1cccc(C=NNC(=O)c2ccn(Cc3cccc(Br)c3)n2)c1O. The molecule has 7 nitrogen and oxygen atoms in total. The van der Waals surface area contributed by atoms with E-state index in [0.717, 1.165) is 10.0 Å². The number of phenols is 1. The van der Waals surface area contributed by atoms with Gasteiger partial charge >= 0.3 is 0 Å². The average molecular weight is 429 g/mol. The van der Waals surface area contributed by atoms with Gasteiger partial charge in [-0.15, -0.1) is 0 Å². The number of ether oxygens (including phenoxy) is 1. The smallest absolute Gasteiger partial charge is 0.291 e. The summed E-state index contributed by atoms with van der Waals surface area (Å²) in [7, 11) is 1.46. The highest BCUT2D eigenvalue weighted by molar-refractivity contribution is 9.10. The molecule has 1 heterocycles. The van der Waals surface area contributed by atoms with Crippen LogP contribution in [0.5, 0.6) is 11.5 Å². The van der Waals surface area contributed by atoms with Gasteiger partial charge in [0.05, 0.1) is 19.9 Å². The molecule has 138 valence electrons. The fourth-order valence-electron chi connectivity index (χ4n) is 2.42. The number of nitrogens with one attached hydrogen (secondary N) is 1. The van der Waals surface area contributed by atoms with Crippen molar-refractivity contribution in [1.29, 1.82) is 0 Å². The Morgan fingerprint density at radius 2 is 2.15 bits per heavy atom. The number of carbonyl (C=O) groups excluding carboxylic acids is 1. The Morgan fingerprint density at radius 1 is 1.33 bits per heavy atom. The topological polar surface area (TPSA) is 88.7 Å². The van der Waals surface area contributed by atoms with Crippen molar-refractivity contribution < 1.29 is 14.6 Å². The molecule has 1 amide bonds. The van der Waals surface area contributed by atoms with E-state index in [-0.39, 0.29) is 11.4 Å². The van der Waals surface area contributed by atoms with Crippen LogP contribution in [-0.4, -0.2) is 34.1 Å². The molecule has 3 aromatic rings. The number of para-hydroxylation sites is 1. The molecule has 0 spiro atoms. The highest BCUT2D eigenvalue weighted by atomic mass is 79.9. The Hall–Kier alpha value is -3.13. The van der Waals surface area contributed by atoms with E-state index in [4.69, 9.17) is 4.74 Å². The Balaban J connectivity index is 1.63. The number of hydrazone groups is 1. The van der Waals surface area contributed by atoms with E-state index in [0.29, 0.717) is 17.9 Å². The molecular formula is C19H17BrN4O3. The van der Waals surface area contributed by atoms with E-state index < -0.39 is 5.91 Å². The molecule has 0 aliphatic heterocycles. The number of halogens is 1. The average Bonchev–Trinajstić information content (AvgIpc) is 3.11. The summed E-state index contributed by atoms with van der Waals surface area (Å²) in [5.74, 6) is -0.158. The molecule has 2 N–H and O–H groups in total. The van der Waals surface area contributed by atoms with Gasteiger partial charge in [-0.05, 0) is 35.9 Å². The number of aromatic nitrogens is 2. The van der Waals surface area contributed by atoms with E-state index in [9.17, 15) is 9.90 Å². The third-order valence-electron chi connectivity index (χ3n) is 3.73. The summed E-state index contributed by atoms with van der Waals surface area (Å²) >= 11 is 3.43. The number of aromatic hydroxyl groups is 1. The highest BCUT2D eigenvalue weighted by Gasteiger charge is 2.09. The molecule has 0 bridgehead atoms. The van der Waals surface area contributed by atoms with Gasteiger partial charge in [-0.1, -0.05) is 34.1 Å².